The Labute approximate surface area is 209 Å². The minimum Gasteiger partial charge on any atom is -0.496 e. The van der Waals surface area contributed by atoms with E-state index in [9.17, 15) is 9.59 Å². The number of nitrogens with zero attached hydrogens (tertiary/aromatic N) is 1. The number of methoxy groups -OCH3 is 2. The summed E-state index contributed by atoms with van der Waals surface area (Å²) in [6.07, 6.45) is 1.76. The van der Waals surface area contributed by atoms with Gasteiger partial charge in [0.05, 0.1) is 25.3 Å². The summed E-state index contributed by atoms with van der Waals surface area (Å²) >= 11 is 6.43. The van der Waals surface area contributed by atoms with Crippen molar-refractivity contribution in [3.63, 3.8) is 0 Å². The number of ether oxygens (including phenoxy) is 3. The number of benzene rings is 2. The van der Waals surface area contributed by atoms with E-state index in [1.165, 1.54) is 20.1 Å². The third kappa shape index (κ3) is 4.88. The molecule has 0 saturated carbocycles. The maximum atomic E-state index is 13.4. The van der Waals surface area contributed by atoms with Gasteiger partial charge in [-0.25, -0.2) is 0 Å². The minimum atomic E-state index is -0.328. The highest BCUT2D eigenvalue weighted by Crippen LogP contribution is 2.45. The van der Waals surface area contributed by atoms with Gasteiger partial charge in [0.15, 0.2) is 5.43 Å². The first-order valence-electron chi connectivity index (χ1n) is 11.7. The van der Waals surface area contributed by atoms with Crippen LogP contribution >= 0.6 is 11.6 Å². The zero-order chi connectivity index (χ0) is 25.1. The number of likely N-dealkylation sites (tertiary alicyclic amines) is 1. The van der Waals surface area contributed by atoms with Gasteiger partial charge in [0.1, 0.15) is 34.8 Å². The molecule has 3 aromatic rings. The summed E-state index contributed by atoms with van der Waals surface area (Å²) in [6.45, 7) is 5.47. The van der Waals surface area contributed by atoms with Gasteiger partial charge >= 0.3 is 5.97 Å². The summed E-state index contributed by atoms with van der Waals surface area (Å²) in [5.74, 6) is 0.884. The molecule has 1 aromatic heterocycles. The minimum absolute atomic E-state index is 0.0846. The van der Waals surface area contributed by atoms with Crippen LogP contribution in [0.15, 0.2) is 45.6 Å². The third-order valence-electron chi connectivity index (χ3n) is 6.55. The highest BCUT2D eigenvalue weighted by molar-refractivity contribution is 6.33. The first kappa shape index (κ1) is 25.1. The Morgan fingerprint density at radius 2 is 1.91 bits per heavy atom. The highest BCUT2D eigenvalue weighted by Gasteiger charge is 2.39. The molecule has 1 aliphatic heterocycles. The average molecular weight is 500 g/mol. The molecule has 0 radical (unpaired) electrons. The number of esters is 1. The van der Waals surface area contributed by atoms with Gasteiger partial charge in [-0.1, -0.05) is 30.7 Å². The van der Waals surface area contributed by atoms with Crippen molar-refractivity contribution in [2.24, 2.45) is 0 Å². The summed E-state index contributed by atoms with van der Waals surface area (Å²) in [6, 6.07) is 10.3. The molecule has 1 aliphatic rings. The molecule has 2 aromatic carbocycles. The van der Waals surface area contributed by atoms with Crippen molar-refractivity contribution in [2.45, 2.75) is 38.6 Å². The number of fused-ring (bicyclic) bond motifs is 1. The molecule has 7 nitrogen and oxygen atoms in total. The number of carbonyl (C=O) groups is 1. The maximum Gasteiger partial charge on any atom is 0.302 e. The molecule has 1 saturated heterocycles. The molecular formula is C27H30ClNO6. The van der Waals surface area contributed by atoms with E-state index in [1.807, 2.05) is 18.2 Å². The van der Waals surface area contributed by atoms with E-state index < -0.39 is 0 Å². The van der Waals surface area contributed by atoms with Crippen LogP contribution in [0.25, 0.3) is 22.3 Å². The van der Waals surface area contributed by atoms with Crippen molar-refractivity contribution >= 4 is 28.5 Å². The predicted octanol–water partition coefficient (Wildman–Crippen LogP) is 5.26. The molecule has 8 heteroatoms. The number of carbonyl (C=O) groups excluding carboxylic acids is 1. The Balaban J connectivity index is 1.97. The first-order valence-corrected chi connectivity index (χ1v) is 12.1. The smallest absolute Gasteiger partial charge is 0.302 e. The van der Waals surface area contributed by atoms with Crippen LogP contribution in [0.5, 0.6) is 11.5 Å². The second kappa shape index (κ2) is 10.7. The Morgan fingerprint density at radius 1 is 1.17 bits per heavy atom. The molecule has 2 heterocycles. The van der Waals surface area contributed by atoms with Gasteiger partial charge in [-0.2, -0.15) is 0 Å². The molecule has 35 heavy (non-hydrogen) atoms. The van der Waals surface area contributed by atoms with Crippen LogP contribution in [0.2, 0.25) is 5.02 Å². The van der Waals surface area contributed by atoms with Crippen LogP contribution < -0.4 is 14.9 Å². The summed E-state index contributed by atoms with van der Waals surface area (Å²) in [5.41, 5.74) is 1.56. The first-order chi connectivity index (χ1) is 16.9. The van der Waals surface area contributed by atoms with Crippen LogP contribution in [0.1, 0.15) is 38.2 Å². The lowest BCUT2D eigenvalue weighted by Crippen LogP contribution is -2.37. The Morgan fingerprint density at radius 3 is 2.57 bits per heavy atom. The van der Waals surface area contributed by atoms with E-state index in [1.54, 1.807) is 19.2 Å². The van der Waals surface area contributed by atoms with E-state index in [-0.39, 0.29) is 30.0 Å². The number of hydrogen-bond acceptors (Lipinski definition) is 7. The quantitative estimate of drug-likeness (QED) is 0.391. The lowest BCUT2D eigenvalue weighted by molar-refractivity contribution is -0.142. The molecule has 186 valence electrons. The van der Waals surface area contributed by atoms with Crippen molar-refractivity contribution in [3.8, 4) is 22.8 Å². The van der Waals surface area contributed by atoms with Crippen molar-refractivity contribution in [2.75, 3.05) is 33.9 Å². The molecular weight excluding hydrogens is 470 g/mol. The van der Waals surface area contributed by atoms with Crippen LogP contribution in [-0.2, 0) is 9.53 Å². The molecule has 2 atom stereocenters. The van der Waals surface area contributed by atoms with Crippen molar-refractivity contribution in [1.29, 1.82) is 0 Å². The molecule has 4 rings (SSSR count). The number of halogens is 1. The maximum absolute atomic E-state index is 13.4. The van der Waals surface area contributed by atoms with E-state index in [4.69, 9.17) is 30.2 Å². The lowest BCUT2D eigenvalue weighted by atomic mass is 9.89. The standard InChI is InChI=1S/C27H30ClNO6/c1-5-11-29-12-10-18(20(29)15-34-16(2)30)25-23(32-3)14-24(33-4)26-21(31)13-22(35-27(25)26)17-8-6-7-9-19(17)28/h6-9,13-14,18,20H,5,10-12,15H2,1-4H3/t18-,20+/m0/s1. The number of hydrogen-bond donors (Lipinski definition) is 0. The van der Waals surface area contributed by atoms with Gasteiger partial charge in [0.2, 0.25) is 0 Å². The van der Waals surface area contributed by atoms with Crippen LogP contribution in [0.3, 0.4) is 0 Å². The van der Waals surface area contributed by atoms with Crippen LogP contribution in [-0.4, -0.2) is 50.8 Å². The van der Waals surface area contributed by atoms with Crippen LogP contribution in [0, 0.1) is 0 Å². The van der Waals surface area contributed by atoms with Gasteiger partial charge in [0, 0.05) is 36.1 Å². The SMILES string of the molecule is CCCN1CC[C@H](c2c(OC)cc(OC)c3c(=O)cc(-c4ccccc4Cl)oc23)[C@H]1COC(C)=O. The monoisotopic (exact) mass is 499 g/mol. The molecule has 0 unspecified atom stereocenters. The Bertz CT molecular complexity index is 1290. The van der Waals surface area contributed by atoms with Crippen LogP contribution in [0.4, 0.5) is 0 Å². The molecule has 0 bridgehead atoms. The summed E-state index contributed by atoms with van der Waals surface area (Å²) in [7, 11) is 3.09. The molecule has 1 fully saturated rings. The Kier molecular flexibility index (Phi) is 7.67. The van der Waals surface area contributed by atoms with Gasteiger partial charge in [0.25, 0.3) is 0 Å². The highest BCUT2D eigenvalue weighted by atomic mass is 35.5. The van der Waals surface area contributed by atoms with Crippen molar-refractivity contribution in [3.05, 3.63) is 57.2 Å². The molecule has 0 N–H and O–H groups in total. The van der Waals surface area contributed by atoms with E-state index >= 15 is 0 Å². The number of rotatable bonds is 8. The summed E-state index contributed by atoms with van der Waals surface area (Å²) < 4.78 is 23.2. The average Bonchev–Trinajstić information content (AvgIpc) is 3.23. The fourth-order valence-electron chi connectivity index (χ4n) is 5.02. The zero-order valence-electron chi connectivity index (χ0n) is 20.4. The second-order valence-corrected chi connectivity index (χ2v) is 9.06. The molecule has 0 aliphatic carbocycles. The largest absolute Gasteiger partial charge is 0.496 e. The second-order valence-electron chi connectivity index (χ2n) is 8.65. The normalized spacial score (nSPS) is 18.1. The predicted molar refractivity (Wildman–Crippen MR) is 136 cm³/mol. The Hall–Kier alpha value is -3.03. The van der Waals surface area contributed by atoms with Gasteiger partial charge in [-0.15, -0.1) is 0 Å². The molecule has 0 spiro atoms. The molecule has 0 amide bonds. The summed E-state index contributed by atoms with van der Waals surface area (Å²) in [4.78, 5) is 27.4. The van der Waals surface area contributed by atoms with Gasteiger partial charge < -0.3 is 18.6 Å². The fraction of sp³-hybridized carbons (Fsp3) is 0.407. The van der Waals surface area contributed by atoms with Gasteiger partial charge in [-0.05, 0) is 38.1 Å². The van der Waals surface area contributed by atoms with Crippen molar-refractivity contribution < 1.29 is 23.4 Å². The topological polar surface area (TPSA) is 78.2 Å². The third-order valence-corrected chi connectivity index (χ3v) is 6.87. The lowest BCUT2D eigenvalue weighted by Gasteiger charge is -2.29. The fourth-order valence-corrected chi connectivity index (χ4v) is 5.24. The summed E-state index contributed by atoms with van der Waals surface area (Å²) in [5, 5.41) is 0.827. The van der Waals surface area contributed by atoms with E-state index in [0.717, 1.165) is 31.5 Å². The van der Waals surface area contributed by atoms with Crippen molar-refractivity contribution in [1.82, 2.24) is 4.90 Å². The zero-order valence-corrected chi connectivity index (χ0v) is 21.2. The van der Waals surface area contributed by atoms with Gasteiger partial charge in [-0.3, -0.25) is 14.5 Å². The van der Waals surface area contributed by atoms with E-state index in [0.29, 0.717) is 38.8 Å². The van der Waals surface area contributed by atoms with E-state index in [2.05, 4.69) is 11.8 Å².